The number of fused-ring (bicyclic) bond motifs is 1. The van der Waals surface area contributed by atoms with Crippen molar-refractivity contribution in [3.05, 3.63) is 59.6 Å². The molecule has 0 saturated carbocycles. The van der Waals surface area contributed by atoms with Crippen molar-refractivity contribution < 1.29 is 26.5 Å². The minimum absolute atomic E-state index is 0.208. The Labute approximate surface area is 241 Å². The number of hydrogen-bond donors (Lipinski definition) is 0. The molecule has 2 fully saturated rings. The Balaban J connectivity index is 1.33. The number of nitriles is 1. The fourth-order valence-electron chi connectivity index (χ4n) is 5.37. The molecule has 0 bridgehead atoms. The molecule has 2 saturated heterocycles. The second-order valence-electron chi connectivity index (χ2n) is 10.5. The molecule has 0 aliphatic carbocycles. The van der Waals surface area contributed by atoms with Gasteiger partial charge in [-0.1, -0.05) is 5.21 Å². The predicted octanol–water partition coefficient (Wildman–Crippen LogP) is 2.44. The molecule has 15 heteroatoms. The number of rotatable bonds is 9. The number of hydrogen-bond acceptors (Lipinski definition) is 11. The summed E-state index contributed by atoms with van der Waals surface area (Å²) in [5, 5.41) is 23.1. The van der Waals surface area contributed by atoms with Gasteiger partial charge in [0.15, 0.2) is 6.10 Å². The number of halogens is 1. The number of pyridine rings is 2. The fourth-order valence-corrected chi connectivity index (χ4v) is 5.74. The molecule has 6 rings (SSSR count). The standard InChI is InChI=1S/C27H29FN8O5S/c1-17-26(32-33-36(17)21-5-7-34(8-6-21)22-14-39-15-22)18-9-24(27-19(10-29)11-31-35(27)13-18)41-25(16-40-42(2,37)38)23-4-3-20(28)12-30-23/h3-4,9,11-13,21-22,25H,5-8,14-16H2,1-2H3/t25-/m0/s1. The van der Waals surface area contributed by atoms with Crippen LogP contribution in [0.1, 0.15) is 41.9 Å². The largest absolute Gasteiger partial charge is 0.479 e. The summed E-state index contributed by atoms with van der Waals surface area (Å²) in [4.78, 5) is 6.53. The summed E-state index contributed by atoms with van der Waals surface area (Å²) in [6.45, 7) is 5.06. The third-order valence-electron chi connectivity index (χ3n) is 7.66. The van der Waals surface area contributed by atoms with E-state index in [2.05, 4.69) is 31.4 Å². The molecule has 42 heavy (non-hydrogen) atoms. The van der Waals surface area contributed by atoms with Gasteiger partial charge >= 0.3 is 0 Å². The number of piperidine rings is 1. The SMILES string of the molecule is Cc1c(-c2cc(O[C@@H](COS(C)(=O)=O)c3ccc(F)cn3)c3c(C#N)cnn3c2)nnn1C1CCN(C2COC2)CC1. The van der Waals surface area contributed by atoms with E-state index in [9.17, 15) is 18.1 Å². The average molecular weight is 597 g/mol. The van der Waals surface area contributed by atoms with Gasteiger partial charge in [-0.3, -0.25) is 14.1 Å². The molecule has 0 radical (unpaired) electrons. The number of nitrogens with zero attached hydrogens (tertiary/aromatic N) is 8. The van der Waals surface area contributed by atoms with E-state index in [1.165, 1.54) is 22.8 Å². The molecule has 0 spiro atoms. The van der Waals surface area contributed by atoms with Crippen LogP contribution in [0.2, 0.25) is 0 Å². The summed E-state index contributed by atoms with van der Waals surface area (Å²) in [5.41, 5.74) is 2.97. The van der Waals surface area contributed by atoms with E-state index in [1.54, 1.807) is 12.3 Å². The summed E-state index contributed by atoms with van der Waals surface area (Å²) >= 11 is 0. The highest BCUT2D eigenvalue weighted by Crippen LogP contribution is 2.35. The molecule has 4 aromatic heterocycles. The van der Waals surface area contributed by atoms with E-state index in [-0.39, 0.29) is 23.0 Å². The van der Waals surface area contributed by atoms with Crippen molar-refractivity contribution >= 4 is 15.6 Å². The molecule has 0 amide bonds. The van der Waals surface area contributed by atoms with Gasteiger partial charge in [-0.25, -0.2) is 13.6 Å². The van der Waals surface area contributed by atoms with E-state index in [0.717, 1.165) is 57.3 Å². The maximum atomic E-state index is 13.6. The van der Waals surface area contributed by atoms with Crippen LogP contribution in [-0.4, -0.2) is 88.1 Å². The minimum Gasteiger partial charge on any atom is -0.479 e. The van der Waals surface area contributed by atoms with Gasteiger partial charge in [-0.15, -0.1) is 5.10 Å². The molecule has 220 valence electrons. The highest BCUT2D eigenvalue weighted by Gasteiger charge is 2.31. The molecule has 13 nitrogen and oxygen atoms in total. The summed E-state index contributed by atoms with van der Waals surface area (Å²) < 4.78 is 57.3. The summed E-state index contributed by atoms with van der Waals surface area (Å²) in [7, 11) is -3.83. The minimum atomic E-state index is -3.83. The number of likely N-dealkylation sites (tertiary alicyclic amines) is 1. The lowest BCUT2D eigenvalue weighted by atomic mass is 10.0. The van der Waals surface area contributed by atoms with Crippen LogP contribution in [0.15, 0.2) is 36.8 Å². The Morgan fingerprint density at radius 3 is 2.64 bits per heavy atom. The monoisotopic (exact) mass is 596 g/mol. The van der Waals surface area contributed by atoms with Gasteiger partial charge in [-0.05, 0) is 38.0 Å². The van der Waals surface area contributed by atoms with Gasteiger partial charge in [0.2, 0.25) is 0 Å². The van der Waals surface area contributed by atoms with Gasteiger partial charge in [-0.2, -0.15) is 18.8 Å². The molecule has 4 aromatic rings. The second kappa shape index (κ2) is 11.4. The third kappa shape index (κ3) is 5.71. The third-order valence-corrected chi connectivity index (χ3v) is 8.23. The molecule has 0 unspecified atom stereocenters. The van der Waals surface area contributed by atoms with Crippen LogP contribution in [0.25, 0.3) is 16.8 Å². The Kier molecular flexibility index (Phi) is 7.62. The van der Waals surface area contributed by atoms with Crippen LogP contribution in [-0.2, 0) is 19.0 Å². The summed E-state index contributed by atoms with van der Waals surface area (Å²) in [6, 6.07) is 7.10. The lowest BCUT2D eigenvalue weighted by molar-refractivity contribution is -0.0735. The van der Waals surface area contributed by atoms with Crippen LogP contribution in [0.4, 0.5) is 4.39 Å². The van der Waals surface area contributed by atoms with Crippen molar-refractivity contribution in [3.8, 4) is 23.1 Å². The van der Waals surface area contributed by atoms with Crippen molar-refractivity contribution in [2.75, 3.05) is 39.2 Å². The van der Waals surface area contributed by atoms with Crippen molar-refractivity contribution in [2.24, 2.45) is 0 Å². The number of aromatic nitrogens is 6. The zero-order chi connectivity index (χ0) is 29.4. The molecular formula is C27H29FN8O5S. The van der Waals surface area contributed by atoms with E-state index >= 15 is 0 Å². The first-order valence-corrected chi connectivity index (χ1v) is 15.3. The van der Waals surface area contributed by atoms with Crippen molar-refractivity contribution in [3.63, 3.8) is 0 Å². The Hall–Kier alpha value is -3.97. The predicted molar refractivity (Wildman–Crippen MR) is 146 cm³/mol. The first kappa shape index (κ1) is 28.2. The van der Waals surface area contributed by atoms with Gasteiger partial charge < -0.3 is 9.47 Å². The first-order chi connectivity index (χ1) is 20.2. The van der Waals surface area contributed by atoms with E-state index in [0.29, 0.717) is 22.8 Å². The highest BCUT2D eigenvalue weighted by atomic mass is 32.2. The van der Waals surface area contributed by atoms with Crippen LogP contribution in [0.5, 0.6) is 5.75 Å². The van der Waals surface area contributed by atoms with Crippen molar-refractivity contribution in [1.29, 1.82) is 5.26 Å². The smallest absolute Gasteiger partial charge is 0.264 e. The summed E-state index contributed by atoms with van der Waals surface area (Å²) in [6.07, 6.45) is 5.92. The van der Waals surface area contributed by atoms with Gasteiger partial charge in [0.25, 0.3) is 10.1 Å². The van der Waals surface area contributed by atoms with Crippen LogP contribution in [0.3, 0.4) is 0 Å². The molecule has 6 heterocycles. The highest BCUT2D eigenvalue weighted by molar-refractivity contribution is 7.85. The molecule has 2 aliphatic rings. The van der Waals surface area contributed by atoms with E-state index < -0.39 is 28.6 Å². The lowest BCUT2D eigenvalue weighted by Crippen LogP contribution is -2.52. The normalized spacial score (nSPS) is 17.7. The topological polar surface area (TPSA) is 150 Å². The lowest BCUT2D eigenvalue weighted by Gasteiger charge is -2.41. The quantitative estimate of drug-likeness (QED) is 0.262. The zero-order valence-electron chi connectivity index (χ0n) is 23.1. The molecule has 0 aromatic carbocycles. The van der Waals surface area contributed by atoms with Crippen LogP contribution >= 0.6 is 0 Å². The van der Waals surface area contributed by atoms with Crippen LogP contribution in [0, 0.1) is 24.1 Å². The van der Waals surface area contributed by atoms with Gasteiger partial charge in [0, 0.05) is 24.8 Å². The van der Waals surface area contributed by atoms with Crippen molar-refractivity contribution in [1.82, 2.24) is 34.5 Å². The van der Waals surface area contributed by atoms with E-state index in [1.807, 2.05) is 11.6 Å². The van der Waals surface area contributed by atoms with E-state index in [4.69, 9.17) is 13.7 Å². The average Bonchev–Trinajstić information content (AvgIpc) is 3.53. The Morgan fingerprint density at radius 1 is 1.21 bits per heavy atom. The molecule has 0 N–H and O–H groups in total. The first-order valence-electron chi connectivity index (χ1n) is 13.5. The van der Waals surface area contributed by atoms with Gasteiger partial charge in [0.1, 0.15) is 41.0 Å². The molecular weight excluding hydrogens is 567 g/mol. The second-order valence-corrected chi connectivity index (χ2v) is 12.1. The van der Waals surface area contributed by atoms with Gasteiger partial charge in [0.05, 0.1) is 55.3 Å². The molecule has 1 atom stereocenters. The maximum Gasteiger partial charge on any atom is 0.264 e. The maximum absolute atomic E-state index is 13.6. The fraction of sp³-hybridized carbons (Fsp3) is 0.444. The zero-order valence-corrected chi connectivity index (χ0v) is 23.9. The Bertz CT molecular complexity index is 1740. The van der Waals surface area contributed by atoms with Crippen molar-refractivity contribution in [2.45, 2.75) is 38.0 Å². The summed E-state index contributed by atoms with van der Waals surface area (Å²) in [5.74, 6) is -0.338. The van der Waals surface area contributed by atoms with Crippen LogP contribution < -0.4 is 4.74 Å². The molecule has 2 aliphatic heterocycles. The Morgan fingerprint density at radius 2 is 2.00 bits per heavy atom. The number of ether oxygens (including phenoxy) is 2.